The van der Waals surface area contributed by atoms with Gasteiger partial charge >= 0.3 is 0 Å². The van der Waals surface area contributed by atoms with Gasteiger partial charge in [0.25, 0.3) is 11.8 Å². The lowest BCUT2D eigenvalue weighted by molar-refractivity contribution is 0.0896. The van der Waals surface area contributed by atoms with E-state index in [4.69, 9.17) is 4.42 Å². The molecule has 1 saturated carbocycles. The van der Waals surface area contributed by atoms with E-state index in [0.29, 0.717) is 11.3 Å². The molecule has 1 aromatic heterocycles. The average Bonchev–Trinajstić information content (AvgIpc) is 3.20. The van der Waals surface area contributed by atoms with Crippen molar-refractivity contribution in [3.8, 4) is 0 Å². The molecule has 5 rings (SSSR count). The van der Waals surface area contributed by atoms with Crippen LogP contribution in [0.25, 0.3) is 10.8 Å². The third-order valence-corrected chi connectivity index (χ3v) is 6.80. The summed E-state index contributed by atoms with van der Waals surface area (Å²) in [5.41, 5.74) is 5.77. The van der Waals surface area contributed by atoms with E-state index in [0.717, 1.165) is 78.3 Å². The Hall–Kier alpha value is -3.41. The number of hydrogen-bond acceptors (Lipinski definition) is 4. The van der Waals surface area contributed by atoms with Crippen molar-refractivity contribution in [1.82, 2.24) is 10.7 Å². The van der Waals surface area contributed by atoms with E-state index in [1.807, 2.05) is 43.3 Å². The van der Waals surface area contributed by atoms with Crippen LogP contribution in [0.1, 0.15) is 82.7 Å². The molecule has 2 aliphatic carbocycles. The highest BCUT2D eigenvalue weighted by Crippen LogP contribution is 2.30. The molecule has 0 radical (unpaired) electrons. The summed E-state index contributed by atoms with van der Waals surface area (Å²) >= 11 is 0. The van der Waals surface area contributed by atoms with Crippen LogP contribution in [0.5, 0.6) is 0 Å². The first-order valence-electron chi connectivity index (χ1n) is 11.9. The maximum atomic E-state index is 12.9. The number of carbonyl (C=O) groups excluding carboxylic acids is 2. The molecule has 170 valence electrons. The minimum absolute atomic E-state index is 0.145. The quantitative estimate of drug-likeness (QED) is 0.539. The summed E-state index contributed by atoms with van der Waals surface area (Å²) in [6.45, 7) is 1.91. The van der Waals surface area contributed by atoms with Crippen molar-refractivity contribution < 1.29 is 14.0 Å². The second kappa shape index (κ2) is 9.22. The standard InChI is InChI=1S/C27H29N3O3/c1-17-24-22(29-30-26(31)21-14-7-10-18-9-5-6-13-20(18)21)15-8-16-23(24)33-25(17)27(32)28-19-11-3-2-4-12-19/h5-7,9-10,13-14,19H,2-4,8,11-12,15-16H2,1H3,(H,28,32)(H,30,31)/b29-22+. The largest absolute Gasteiger partial charge is 0.455 e. The van der Waals surface area contributed by atoms with E-state index < -0.39 is 0 Å². The maximum Gasteiger partial charge on any atom is 0.287 e. The smallest absolute Gasteiger partial charge is 0.287 e. The van der Waals surface area contributed by atoms with Crippen LogP contribution in [0.3, 0.4) is 0 Å². The molecule has 0 unspecified atom stereocenters. The molecular weight excluding hydrogens is 414 g/mol. The second-order valence-corrected chi connectivity index (χ2v) is 9.04. The summed E-state index contributed by atoms with van der Waals surface area (Å²) in [7, 11) is 0. The summed E-state index contributed by atoms with van der Waals surface area (Å²) in [6, 6.07) is 13.7. The van der Waals surface area contributed by atoms with Crippen LogP contribution in [0, 0.1) is 6.92 Å². The van der Waals surface area contributed by atoms with Crippen LogP contribution in [-0.4, -0.2) is 23.6 Å². The Morgan fingerprint density at radius 3 is 2.58 bits per heavy atom. The number of furan rings is 1. The number of aryl methyl sites for hydroxylation is 1. The van der Waals surface area contributed by atoms with Gasteiger partial charge in [0.2, 0.25) is 0 Å². The first-order valence-corrected chi connectivity index (χ1v) is 11.9. The van der Waals surface area contributed by atoms with Gasteiger partial charge in [-0.2, -0.15) is 5.10 Å². The number of amides is 2. The molecule has 0 atom stereocenters. The highest BCUT2D eigenvalue weighted by Gasteiger charge is 2.29. The number of nitrogens with one attached hydrogen (secondary N) is 2. The van der Waals surface area contributed by atoms with Crippen LogP contribution < -0.4 is 10.7 Å². The van der Waals surface area contributed by atoms with Gasteiger partial charge in [-0.3, -0.25) is 9.59 Å². The third kappa shape index (κ3) is 4.30. The van der Waals surface area contributed by atoms with E-state index in [9.17, 15) is 9.59 Å². The number of hydrazone groups is 1. The fraction of sp³-hybridized carbons (Fsp3) is 0.370. The predicted molar refractivity (Wildman–Crippen MR) is 129 cm³/mol. The summed E-state index contributed by atoms with van der Waals surface area (Å²) < 4.78 is 6.01. The van der Waals surface area contributed by atoms with Gasteiger partial charge in [0.05, 0.1) is 5.71 Å². The van der Waals surface area contributed by atoms with Gasteiger partial charge in [0, 0.05) is 29.2 Å². The number of hydrogen-bond donors (Lipinski definition) is 2. The zero-order valence-corrected chi connectivity index (χ0v) is 18.9. The Labute approximate surface area is 193 Å². The second-order valence-electron chi connectivity index (χ2n) is 9.04. The lowest BCUT2D eigenvalue weighted by Crippen LogP contribution is -2.36. The Kier molecular flexibility index (Phi) is 5.99. The van der Waals surface area contributed by atoms with Crippen LogP contribution in [0.4, 0.5) is 0 Å². The van der Waals surface area contributed by atoms with E-state index in [-0.39, 0.29) is 17.9 Å². The molecule has 1 heterocycles. The monoisotopic (exact) mass is 443 g/mol. The van der Waals surface area contributed by atoms with Gasteiger partial charge < -0.3 is 9.73 Å². The van der Waals surface area contributed by atoms with E-state index >= 15 is 0 Å². The summed E-state index contributed by atoms with van der Waals surface area (Å²) in [5, 5.41) is 9.53. The summed E-state index contributed by atoms with van der Waals surface area (Å²) in [6.07, 6.45) is 7.97. The molecule has 6 heteroatoms. The molecule has 2 aromatic carbocycles. The number of benzene rings is 2. The van der Waals surface area contributed by atoms with Crippen molar-refractivity contribution in [2.75, 3.05) is 0 Å². The number of fused-ring (bicyclic) bond motifs is 2. The molecule has 0 saturated heterocycles. The van der Waals surface area contributed by atoms with Crippen molar-refractivity contribution in [2.24, 2.45) is 5.10 Å². The normalized spacial score (nSPS) is 17.7. The van der Waals surface area contributed by atoms with Gasteiger partial charge in [-0.25, -0.2) is 5.43 Å². The predicted octanol–water partition coefficient (Wildman–Crippen LogP) is 5.27. The first kappa shape index (κ1) is 21.4. The Balaban J connectivity index is 1.37. The van der Waals surface area contributed by atoms with E-state index in [1.54, 1.807) is 6.07 Å². The van der Waals surface area contributed by atoms with Crippen molar-refractivity contribution >= 4 is 28.3 Å². The average molecular weight is 444 g/mol. The van der Waals surface area contributed by atoms with Gasteiger partial charge in [-0.05, 0) is 49.4 Å². The highest BCUT2D eigenvalue weighted by atomic mass is 16.4. The molecule has 2 N–H and O–H groups in total. The minimum Gasteiger partial charge on any atom is -0.455 e. The van der Waals surface area contributed by atoms with Crippen LogP contribution in [0.2, 0.25) is 0 Å². The molecule has 0 aliphatic heterocycles. The zero-order valence-electron chi connectivity index (χ0n) is 18.9. The molecule has 2 amide bonds. The van der Waals surface area contributed by atoms with E-state index in [1.165, 1.54) is 6.42 Å². The molecular formula is C27H29N3O3. The number of nitrogens with zero attached hydrogens (tertiary/aromatic N) is 1. The fourth-order valence-corrected chi connectivity index (χ4v) is 5.10. The topological polar surface area (TPSA) is 83.7 Å². The Morgan fingerprint density at radius 1 is 0.939 bits per heavy atom. The molecule has 6 nitrogen and oxygen atoms in total. The Morgan fingerprint density at radius 2 is 1.73 bits per heavy atom. The van der Waals surface area contributed by atoms with Crippen molar-refractivity contribution in [3.05, 3.63) is 70.7 Å². The van der Waals surface area contributed by atoms with Gasteiger partial charge in [-0.15, -0.1) is 0 Å². The maximum absolute atomic E-state index is 12.9. The van der Waals surface area contributed by atoms with Crippen LogP contribution in [0.15, 0.2) is 52.0 Å². The molecule has 3 aromatic rings. The van der Waals surface area contributed by atoms with Gasteiger partial charge in [-0.1, -0.05) is 55.7 Å². The van der Waals surface area contributed by atoms with Crippen LogP contribution in [-0.2, 0) is 6.42 Å². The number of rotatable bonds is 4. The molecule has 2 aliphatic rings. The van der Waals surface area contributed by atoms with Gasteiger partial charge in [0.1, 0.15) is 5.76 Å². The summed E-state index contributed by atoms with van der Waals surface area (Å²) in [5.74, 6) is 0.766. The molecule has 0 spiro atoms. The fourth-order valence-electron chi connectivity index (χ4n) is 5.10. The van der Waals surface area contributed by atoms with Crippen LogP contribution >= 0.6 is 0 Å². The van der Waals surface area contributed by atoms with E-state index in [2.05, 4.69) is 15.8 Å². The lowest BCUT2D eigenvalue weighted by atomic mass is 9.93. The number of carbonyl (C=O) groups is 2. The SMILES string of the molecule is Cc1c(C(=O)NC2CCCCC2)oc2c1/C(=N/NC(=O)c1cccc3ccccc13)CCC2. The highest BCUT2D eigenvalue weighted by molar-refractivity contribution is 6.09. The first-order chi connectivity index (χ1) is 16.1. The van der Waals surface area contributed by atoms with Gasteiger partial charge in [0.15, 0.2) is 5.76 Å². The zero-order chi connectivity index (χ0) is 22.8. The molecule has 1 fully saturated rings. The molecule has 0 bridgehead atoms. The minimum atomic E-state index is -0.247. The van der Waals surface area contributed by atoms with Crippen molar-refractivity contribution in [1.29, 1.82) is 0 Å². The molecule has 33 heavy (non-hydrogen) atoms. The third-order valence-electron chi connectivity index (χ3n) is 6.80. The summed E-state index contributed by atoms with van der Waals surface area (Å²) in [4.78, 5) is 25.8. The van der Waals surface area contributed by atoms with Crippen molar-refractivity contribution in [3.63, 3.8) is 0 Å². The Bertz CT molecular complexity index is 1230. The van der Waals surface area contributed by atoms with Crippen molar-refractivity contribution in [2.45, 2.75) is 64.3 Å². The lowest BCUT2D eigenvalue weighted by Gasteiger charge is -2.22.